The van der Waals surface area contributed by atoms with E-state index in [2.05, 4.69) is 33.6 Å². The lowest BCUT2D eigenvalue weighted by atomic mass is 10.1. The Labute approximate surface area is 118 Å². The molecule has 0 radical (unpaired) electrons. The van der Waals surface area contributed by atoms with Gasteiger partial charge in [0.25, 0.3) is 0 Å². The number of benzene rings is 2. The molecule has 0 saturated carbocycles. The molecule has 1 aliphatic rings. The summed E-state index contributed by atoms with van der Waals surface area (Å²) in [7, 11) is 1.70. The predicted molar refractivity (Wildman–Crippen MR) is 81.1 cm³/mol. The van der Waals surface area contributed by atoms with Crippen molar-refractivity contribution in [3.8, 4) is 5.75 Å². The lowest BCUT2D eigenvalue weighted by Gasteiger charge is -2.19. The van der Waals surface area contributed by atoms with E-state index in [4.69, 9.17) is 4.74 Å². The van der Waals surface area contributed by atoms with Gasteiger partial charge in [-0.25, -0.2) is 0 Å². The third-order valence-corrected chi connectivity index (χ3v) is 3.36. The van der Waals surface area contributed by atoms with Gasteiger partial charge in [-0.15, -0.1) is 0 Å². The smallest absolute Gasteiger partial charge is 0.135 e. The van der Waals surface area contributed by atoms with E-state index in [0.717, 1.165) is 29.3 Å². The fourth-order valence-electron chi connectivity index (χ4n) is 2.35. The predicted octanol–water partition coefficient (Wildman–Crippen LogP) is 2.62. The maximum absolute atomic E-state index is 5.40. The molecule has 0 amide bonds. The van der Waals surface area contributed by atoms with Gasteiger partial charge in [0, 0.05) is 17.7 Å². The molecule has 0 bridgehead atoms. The highest BCUT2D eigenvalue weighted by Crippen LogP contribution is 2.22. The quantitative estimate of drug-likeness (QED) is 0.925. The fraction of sp³-hybridized carbons (Fsp3) is 0.188. The third-order valence-electron chi connectivity index (χ3n) is 3.36. The summed E-state index contributed by atoms with van der Waals surface area (Å²) in [4.78, 5) is 2.17. The van der Waals surface area contributed by atoms with Crippen molar-refractivity contribution < 1.29 is 4.74 Å². The number of nitrogens with zero attached hydrogens (tertiary/aromatic N) is 2. The molecule has 0 saturated heterocycles. The van der Waals surface area contributed by atoms with Crippen molar-refractivity contribution in [1.82, 2.24) is 5.43 Å². The number of nitrogens with one attached hydrogen (secondary N) is 1. The average molecular weight is 267 g/mol. The lowest BCUT2D eigenvalue weighted by Crippen LogP contribution is -2.30. The number of ether oxygens (including phenoxy) is 1. The maximum atomic E-state index is 5.40. The van der Waals surface area contributed by atoms with Crippen LogP contribution in [0, 0.1) is 0 Å². The van der Waals surface area contributed by atoms with Crippen LogP contribution in [0.5, 0.6) is 5.75 Å². The molecule has 0 fully saturated rings. The van der Waals surface area contributed by atoms with Crippen molar-refractivity contribution in [3.05, 3.63) is 60.2 Å². The Balaban J connectivity index is 1.83. The first-order valence-corrected chi connectivity index (χ1v) is 6.62. The van der Waals surface area contributed by atoms with Crippen LogP contribution in [0.15, 0.2) is 59.7 Å². The van der Waals surface area contributed by atoms with E-state index in [1.807, 2.05) is 36.4 Å². The zero-order valence-corrected chi connectivity index (χ0v) is 11.4. The molecule has 1 heterocycles. The Morgan fingerprint density at radius 2 is 1.85 bits per heavy atom. The van der Waals surface area contributed by atoms with Crippen LogP contribution in [0.1, 0.15) is 5.56 Å². The van der Waals surface area contributed by atoms with Crippen LogP contribution < -0.4 is 15.1 Å². The molecule has 4 nitrogen and oxygen atoms in total. The van der Waals surface area contributed by atoms with Gasteiger partial charge in [0.1, 0.15) is 18.3 Å². The van der Waals surface area contributed by atoms with Crippen molar-refractivity contribution in [2.75, 3.05) is 18.7 Å². The molecular weight excluding hydrogens is 250 g/mol. The molecule has 2 aromatic carbocycles. The fourth-order valence-corrected chi connectivity index (χ4v) is 2.35. The molecule has 0 aromatic heterocycles. The molecule has 3 rings (SSSR count). The van der Waals surface area contributed by atoms with E-state index in [1.165, 1.54) is 0 Å². The first kappa shape index (κ1) is 12.5. The lowest BCUT2D eigenvalue weighted by molar-refractivity contribution is 0.411. The Hall–Kier alpha value is -2.49. The van der Waals surface area contributed by atoms with Gasteiger partial charge < -0.3 is 9.64 Å². The van der Waals surface area contributed by atoms with Crippen LogP contribution in [0.25, 0.3) is 0 Å². The average Bonchev–Trinajstić information content (AvgIpc) is 2.97. The number of hydrogen-bond acceptors (Lipinski definition) is 4. The number of hydrogen-bond donors (Lipinski definition) is 1. The number of amidine groups is 1. The van der Waals surface area contributed by atoms with Gasteiger partial charge in [0.15, 0.2) is 0 Å². The van der Waals surface area contributed by atoms with Gasteiger partial charge in [-0.05, 0) is 18.2 Å². The summed E-state index contributed by atoms with van der Waals surface area (Å²) >= 11 is 0. The minimum atomic E-state index is 0.703. The van der Waals surface area contributed by atoms with E-state index in [-0.39, 0.29) is 0 Å². The highest BCUT2D eigenvalue weighted by atomic mass is 16.5. The largest absolute Gasteiger partial charge is 0.496 e. The molecule has 20 heavy (non-hydrogen) atoms. The summed E-state index contributed by atoms with van der Waals surface area (Å²) in [6.45, 7) is 0.703. The Morgan fingerprint density at radius 3 is 2.65 bits per heavy atom. The normalized spacial score (nSPS) is 13.8. The van der Waals surface area contributed by atoms with Crippen LogP contribution in [-0.2, 0) is 6.42 Å². The van der Waals surface area contributed by atoms with Crippen molar-refractivity contribution in [1.29, 1.82) is 0 Å². The van der Waals surface area contributed by atoms with Gasteiger partial charge in [0.2, 0.25) is 0 Å². The third kappa shape index (κ3) is 2.45. The van der Waals surface area contributed by atoms with Gasteiger partial charge in [0.05, 0.1) is 7.11 Å². The molecule has 2 aromatic rings. The van der Waals surface area contributed by atoms with Crippen LogP contribution >= 0.6 is 0 Å². The van der Waals surface area contributed by atoms with E-state index < -0.39 is 0 Å². The number of para-hydroxylation sites is 2. The highest BCUT2D eigenvalue weighted by Gasteiger charge is 2.19. The van der Waals surface area contributed by atoms with E-state index >= 15 is 0 Å². The maximum Gasteiger partial charge on any atom is 0.135 e. The molecule has 0 atom stereocenters. The zero-order valence-electron chi connectivity index (χ0n) is 11.4. The van der Waals surface area contributed by atoms with E-state index in [0.29, 0.717) is 6.67 Å². The summed E-state index contributed by atoms with van der Waals surface area (Å²) < 4.78 is 5.40. The summed E-state index contributed by atoms with van der Waals surface area (Å²) in [6.07, 6.45) is 0.742. The van der Waals surface area contributed by atoms with Crippen LogP contribution in [0.2, 0.25) is 0 Å². The topological polar surface area (TPSA) is 36.9 Å². The van der Waals surface area contributed by atoms with Crippen molar-refractivity contribution in [2.24, 2.45) is 5.10 Å². The molecule has 0 unspecified atom stereocenters. The Morgan fingerprint density at radius 1 is 1.10 bits per heavy atom. The molecule has 1 aliphatic heterocycles. The summed E-state index contributed by atoms with van der Waals surface area (Å²) in [5.74, 6) is 1.90. The number of rotatable bonds is 4. The Kier molecular flexibility index (Phi) is 3.54. The second kappa shape index (κ2) is 5.65. The minimum absolute atomic E-state index is 0.703. The van der Waals surface area contributed by atoms with Gasteiger partial charge in [-0.1, -0.05) is 36.4 Å². The molecule has 0 spiro atoms. The summed E-state index contributed by atoms with van der Waals surface area (Å²) in [5.41, 5.74) is 5.33. The summed E-state index contributed by atoms with van der Waals surface area (Å²) in [5, 5.41) is 4.40. The van der Waals surface area contributed by atoms with Crippen LogP contribution in [-0.4, -0.2) is 19.6 Å². The van der Waals surface area contributed by atoms with E-state index in [1.54, 1.807) is 7.11 Å². The summed E-state index contributed by atoms with van der Waals surface area (Å²) in [6, 6.07) is 18.3. The molecule has 4 heteroatoms. The van der Waals surface area contributed by atoms with Crippen molar-refractivity contribution in [2.45, 2.75) is 6.42 Å². The highest BCUT2D eigenvalue weighted by molar-refractivity contribution is 6.00. The monoisotopic (exact) mass is 267 g/mol. The first-order chi connectivity index (χ1) is 9.88. The van der Waals surface area contributed by atoms with Crippen LogP contribution in [0.4, 0.5) is 5.69 Å². The standard InChI is InChI=1S/C16H17N3O/c1-20-15-10-6-5-7-13(15)11-16-18-17-12-19(16)14-8-3-2-4-9-14/h2-10,17H,11-12H2,1H3. The molecule has 0 aliphatic carbocycles. The number of hydrazone groups is 1. The molecule has 102 valence electrons. The van der Waals surface area contributed by atoms with Crippen molar-refractivity contribution >= 4 is 11.5 Å². The van der Waals surface area contributed by atoms with Crippen LogP contribution in [0.3, 0.4) is 0 Å². The SMILES string of the molecule is COc1ccccc1CC1=NNCN1c1ccccc1. The second-order valence-electron chi connectivity index (χ2n) is 4.60. The molecule has 1 N–H and O–H groups in total. The number of anilines is 1. The van der Waals surface area contributed by atoms with Crippen molar-refractivity contribution in [3.63, 3.8) is 0 Å². The first-order valence-electron chi connectivity index (χ1n) is 6.62. The number of methoxy groups -OCH3 is 1. The van der Waals surface area contributed by atoms with Gasteiger partial charge in [-0.3, -0.25) is 5.43 Å². The Bertz CT molecular complexity index is 610. The molecular formula is C16H17N3O. The second-order valence-corrected chi connectivity index (χ2v) is 4.60. The minimum Gasteiger partial charge on any atom is -0.496 e. The van der Waals surface area contributed by atoms with E-state index in [9.17, 15) is 0 Å². The van der Waals surface area contributed by atoms with Gasteiger partial charge in [-0.2, -0.15) is 5.10 Å². The zero-order chi connectivity index (χ0) is 13.8. The van der Waals surface area contributed by atoms with Gasteiger partial charge >= 0.3 is 0 Å².